The lowest BCUT2D eigenvalue weighted by Crippen LogP contribution is -2.45. The summed E-state index contributed by atoms with van der Waals surface area (Å²) in [6, 6.07) is 14.8. The highest BCUT2D eigenvalue weighted by Gasteiger charge is 2.37. The minimum atomic E-state index is -0.545. The number of anilines is 1. The predicted molar refractivity (Wildman–Crippen MR) is 157 cm³/mol. The van der Waals surface area contributed by atoms with Crippen molar-refractivity contribution in [1.29, 1.82) is 5.53 Å². The van der Waals surface area contributed by atoms with E-state index >= 15 is 0 Å². The summed E-state index contributed by atoms with van der Waals surface area (Å²) in [6.45, 7) is 6.62. The van der Waals surface area contributed by atoms with Gasteiger partial charge in [0.05, 0.1) is 5.69 Å². The van der Waals surface area contributed by atoms with Crippen LogP contribution in [0.25, 0.3) is 0 Å². The molecule has 2 aromatic carbocycles. The van der Waals surface area contributed by atoms with Crippen LogP contribution in [0.5, 0.6) is 0 Å². The van der Waals surface area contributed by atoms with Crippen LogP contribution < -0.4 is 22.1 Å². The first-order valence-electron chi connectivity index (χ1n) is 13.3. The average Bonchev–Trinajstić information content (AvgIpc) is 3.34. The highest BCUT2D eigenvalue weighted by atomic mass is 16.5. The summed E-state index contributed by atoms with van der Waals surface area (Å²) in [6.07, 6.45) is 2.42. The Morgan fingerprint density at radius 2 is 1.82 bits per heavy atom. The number of amides is 2. The van der Waals surface area contributed by atoms with Gasteiger partial charge in [-0.25, -0.2) is 5.53 Å². The van der Waals surface area contributed by atoms with Crippen LogP contribution in [-0.2, 0) is 32.1 Å². The number of nitrogens with zero attached hydrogens (tertiary/aromatic N) is 2. The van der Waals surface area contributed by atoms with E-state index in [1.807, 2.05) is 51.1 Å². The second kappa shape index (κ2) is 17.7. The molecule has 220 valence electrons. The Kier molecular flexibility index (Phi) is 15.1. The van der Waals surface area contributed by atoms with Crippen LogP contribution in [0, 0.1) is 5.53 Å². The number of nitrogens with one attached hydrogen (secondary N) is 3. The van der Waals surface area contributed by atoms with Crippen molar-refractivity contribution < 1.29 is 19.1 Å². The Morgan fingerprint density at radius 1 is 1.15 bits per heavy atom. The molecule has 2 unspecified atom stereocenters. The van der Waals surface area contributed by atoms with Gasteiger partial charge in [-0.05, 0) is 70.3 Å². The summed E-state index contributed by atoms with van der Waals surface area (Å²) in [5, 5.41) is 9.39. The first kappa shape index (κ1) is 34.2. The Balaban J connectivity index is 0.000000775. The van der Waals surface area contributed by atoms with Crippen molar-refractivity contribution in [2.24, 2.45) is 16.6 Å². The van der Waals surface area contributed by atoms with E-state index in [1.165, 1.54) is 12.6 Å². The molecule has 0 saturated carbocycles. The smallest absolute Gasteiger partial charge is 0.293 e. The molecule has 11 heteroatoms. The van der Waals surface area contributed by atoms with Gasteiger partial charge in [0.1, 0.15) is 17.3 Å². The maximum atomic E-state index is 12.8. The zero-order valence-electron chi connectivity index (χ0n) is 24.3. The second-order valence-corrected chi connectivity index (χ2v) is 10.2. The molecule has 2 atom stereocenters. The minimum absolute atomic E-state index is 0.0299. The fraction of sp³-hybridized carbons (Fsp3) is 0.483. The lowest BCUT2D eigenvalue weighted by Gasteiger charge is -2.24. The zero-order valence-corrected chi connectivity index (χ0v) is 24.3. The number of hydrogen-bond acceptors (Lipinski definition) is 9. The van der Waals surface area contributed by atoms with E-state index in [9.17, 15) is 14.4 Å². The Labute approximate surface area is 237 Å². The van der Waals surface area contributed by atoms with Gasteiger partial charge in [-0.15, -0.1) is 0 Å². The molecule has 1 fully saturated rings. The molecule has 0 aliphatic carbocycles. The topological polar surface area (TPSA) is 176 Å². The number of aryl methyl sites for hydroxylation is 1. The highest BCUT2D eigenvalue weighted by molar-refractivity contribution is 5.88. The van der Waals surface area contributed by atoms with Gasteiger partial charge in [-0.3, -0.25) is 14.4 Å². The molecular weight excluding hydrogens is 510 g/mol. The number of ether oxygens (including phenoxy) is 1. The Hall–Kier alpha value is -3.83. The molecule has 2 amide bonds. The molecule has 0 bridgehead atoms. The largest absolute Gasteiger partial charge is 0.462 e. The molecule has 2 aromatic rings. The third-order valence-electron chi connectivity index (χ3n) is 5.98. The second-order valence-electron chi connectivity index (χ2n) is 10.2. The Bertz CT molecular complexity index is 1070. The van der Waals surface area contributed by atoms with Crippen LogP contribution in [0.4, 0.5) is 11.4 Å². The van der Waals surface area contributed by atoms with Crippen LogP contribution in [-0.4, -0.2) is 61.5 Å². The lowest BCUT2D eigenvalue weighted by atomic mass is 10.1. The first-order valence-corrected chi connectivity index (χ1v) is 13.3. The molecule has 0 aromatic heterocycles. The van der Waals surface area contributed by atoms with E-state index in [4.69, 9.17) is 11.3 Å². The summed E-state index contributed by atoms with van der Waals surface area (Å²) in [5.74, 6) is -0.232. The quantitative estimate of drug-likeness (QED) is 0.220. The van der Waals surface area contributed by atoms with E-state index in [2.05, 4.69) is 38.4 Å². The van der Waals surface area contributed by atoms with E-state index < -0.39 is 6.04 Å². The normalized spacial score (nSPS) is 15.9. The number of nitrogens with two attached hydrogens (primary N) is 2. The molecule has 3 rings (SSSR count). The van der Waals surface area contributed by atoms with Gasteiger partial charge in [-0.1, -0.05) is 36.4 Å². The van der Waals surface area contributed by atoms with E-state index in [0.717, 1.165) is 24.1 Å². The molecule has 0 spiro atoms. The molecular formula is C29H45N7O4. The first-order chi connectivity index (χ1) is 19.1. The van der Waals surface area contributed by atoms with Gasteiger partial charge in [0.2, 0.25) is 11.8 Å². The summed E-state index contributed by atoms with van der Waals surface area (Å²) in [7, 11) is 3.26. The van der Waals surface area contributed by atoms with Gasteiger partial charge in [0.25, 0.3) is 6.47 Å². The third kappa shape index (κ3) is 11.9. The summed E-state index contributed by atoms with van der Waals surface area (Å²) in [5.41, 5.74) is 20.8. The van der Waals surface area contributed by atoms with Gasteiger partial charge in [-0.2, -0.15) is 5.11 Å². The molecule has 1 aliphatic heterocycles. The number of carbonyl (C=O) groups is 3. The van der Waals surface area contributed by atoms with Crippen molar-refractivity contribution in [3.63, 3.8) is 0 Å². The fourth-order valence-corrected chi connectivity index (χ4v) is 4.07. The number of likely N-dealkylation sites (tertiary alicyclic amines) is 1. The standard InChI is InChI=1S/C23H30N6O2.C5H10O2.CH5N/c1-26-19-11-10-17(12-20(19)28-25)14-27-23(31)21-13-18(24)15-29(21)22(30)9-5-8-16-6-3-2-4-7-16;1-5(2,3)7-4-6;1-2/h2-4,6-7,10-12,18,21,25-26H,5,8-9,13-15,24H2,1H3,(H,27,31);4H,1-3H3;2H2,1H3. The van der Waals surface area contributed by atoms with Crippen LogP contribution in [0.2, 0.25) is 0 Å². The van der Waals surface area contributed by atoms with Gasteiger partial charge in [0.15, 0.2) is 0 Å². The molecule has 1 saturated heterocycles. The van der Waals surface area contributed by atoms with E-state index in [1.54, 1.807) is 18.0 Å². The van der Waals surface area contributed by atoms with Gasteiger partial charge in [0, 0.05) is 32.6 Å². The van der Waals surface area contributed by atoms with Crippen LogP contribution in [0.3, 0.4) is 0 Å². The van der Waals surface area contributed by atoms with Crippen molar-refractivity contribution in [2.45, 2.75) is 70.7 Å². The number of rotatable bonds is 10. The third-order valence-corrected chi connectivity index (χ3v) is 5.98. The van der Waals surface area contributed by atoms with Crippen LogP contribution >= 0.6 is 0 Å². The van der Waals surface area contributed by atoms with Gasteiger partial charge < -0.3 is 31.7 Å². The molecule has 0 radical (unpaired) electrons. The predicted octanol–water partition coefficient (Wildman–Crippen LogP) is 3.49. The summed E-state index contributed by atoms with van der Waals surface area (Å²) in [4.78, 5) is 36.8. The van der Waals surface area contributed by atoms with Crippen molar-refractivity contribution in [1.82, 2.24) is 10.2 Å². The highest BCUT2D eigenvalue weighted by Crippen LogP contribution is 2.26. The average molecular weight is 556 g/mol. The molecule has 1 aliphatic rings. The van der Waals surface area contributed by atoms with E-state index in [0.29, 0.717) is 38.1 Å². The molecule has 1 heterocycles. The minimum Gasteiger partial charge on any atom is -0.462 e. The number of hydrogen-bond donors (Lipinski definition) is 5. The zero-order chi connectivity index (χ0) is 30.1. The summed E-state index contributed by atoms with van der Waals surface area (Å²) < 4.78 is 4.55. The molecule has 40 heavy (non-hydrogen) atoms. The van der Waals surface area contributed by atoms with Crippen molar-refractivity contribution in [3.05, 3.63) is 59.7 Å². The molecule has 7 N–H and O–H groups in total. The lowest BCUT2D eigenvalue weighted by molar-refractivity contribution is -0.138. The van der Waals surface area contributed by atoms with Crippen molar-refractivity contribution in [3.8, 4) is 0 Å². The van der Waals surface area contributed by atoms with E-state index in [-0.39, 0.29) is 23.5 Å². The fourth-order valence-electron chi connectivity index (χ4n) is 4.07. The van der Waals surface area contributed by atoms with Crippen molar-refractivity contribution in [2.75, 3.05) is 26.0 Å². The van der Waals surface area contributed by atoms with Gasteiger partial charge >= 0.3 is 0 Å². The maximum Gasteiger partial charge on any atom is 0.293 e. The van der Waals surface area contributed by atoms with Crippen molar-refractivity contribution >= 4 is 29.7 Å². The van der Waals surface area contributed by atoms with Crippen LogP contribution in [0.15, 0.2) is 53.6 Å². The molecule has 11 nitrogen and oxygen atoms in total. The number of benzene rings is 2. The van der Waals surface area contributed by atoms with Crippen LogP contribution in [0.1, 0.15) is 51.2 Å². The monoisotopic (exact) mass is 555 g/mol. The number of carbonyl (C=O) groups excluding carboxylic acids is 3. The maximum absolute atomic E-state index is 12.8. The Morgan fingerprint density at radius 3 is 2.38 bits per heavy atom. The SMILES string of the molecule is CC(C)(C)OC=O.CN.CNc1ccc(CNC(=O)C2CC(N)CN2C(=O)CCCc2ccccc2)cc1N=N. The summed E-state index contributed by atoms with van der Waals surface area (Å²) >= 11 is 0.